The Morgan fingerprint density at radius 2 is 2.03 bits per heavy atom. The van der Waals surface area contributed by atoms with Crippen LogP contribution in [0.3, 0.4) is 0 Å². The lowest BCUT2D eigenvalue weighted by molar-refractivity contribution is -0.121. The predicted octanol–water partition coefficient (Wildman–Crippen LogP) is 3.75. The maximum atomic E-state index is 12.9. The summed E-state index contributed by atoms with van der Waals surface area (Å²) in [6, 6.07) is 14.5. The number of carbonyl (C=O) groups excluding carboxylic acids is 1. The molecule has 0 saturated carbocycles. The average molecular weight is 548 g/mol. The van der Waals surface area contributed by atoms with Crippen LogP contribution < -0.4 is 9.62 Å². The SMILES string of the molecule is CN(c1cccc(NC(=O)C2CCCN(Cc3nc(-c4ccc(Br)cc4)no3)C2)c1)S(C)(=O)=O. The third kappa shape index (κ3) is 6.02. The van der Waals surface area contributed by atoms with Gasteiger partial charge in [0.1, 0.15) is 0 Å². The highest BCUT2D eigenvalue weighted by Gasteiger charge is 2.27. The van der Waals surface area contributed by atoms with E-state index in [1.165, 1.54) is 11.4 Å². The molecule has 9 nitrogen and oxygen atoms in total. The number of anilines is 2. The van der Waals surface area contributed by atoms with Crippen molar-refractivity contribution in [2.45, 2.75) is 19.4 Å². The molecule has 1 aromatic heterocycles. The summed E-state index contributed by atoms with van der Waals surface area (Å²) < 4.78 is 31.2. The molecule has 180 valence electrons. The number of piperidine rings is 1. The Morgan fingerprint density at radius 3 is 2.76 bits per heavy atom. The van der Waals surface area contributed by atoms with Crippen LogP contribution in [-0.2, 0) is 21.4 Å². The van der Waals surface area contributed by atoms with Crippen LogP contribution in [0.15, 0.2) is 57.5 Å². The first kappa shape index (κ1) is 24.4. The third-order valence-corrected chi connectivity index (χ3v) is 7.51. The number of sulfonamides is 1. The zero-order valence-corrected chi connectivity index (χ0v) is 21.3. The number of benzene rings is 2. The second-order valence-electron chi connectivity index (χ2n) is 8.36. The summed E-state index contributed by atoms with van der Waals surface area (Å²) in [5, 5.41) is 7.01. The van der Waals surface area contributed by atoms with E-state index in [2.05, 4.69) is 36.3 Å². The number of amides is 1. The minimum absolute atomic E-state index is 0.0926. The van der Waals surface area contributed by atoms with Crippen molar-refractivity contribution in [3.63, 3.8) is 0 Å². The maximum Gasteiger partial charge on any atom is 0.241 e. The van der Waals surface area contributed by atoms with Gasteiger partial charge in [0.2, 0.25) is 27.6 Å². The number of aromatic nitrogens is 2. The van der Waals surface area contributed by atoms with Crippen LogP contribution in [-0.4, -0.2) is 55.8 Å². The van der Waals surface area contributed by atoms with Gasteiger partial charge in [0.15, 0.2) is 0 Å². The zero-order chi connectivity index (χ0) is 24.3. The van der Waals surface area contributed by atoms with Gasteiger partial charge in [0.25, 0.3) is 0 Å². The summed E-state index contributed by atoms with van der Waals surface area (Å²) >= 11 is 3.41. The first-order valence-corrected chi connectivity index (χ1v) is 13.5. The van der Waals surface area contributed by atoms with E-state index >= 15 is 0 Å². The number of hydrogen-bond donors (Lipinski definition) is 1. The van der Waals surface area contributed by atoms with Gasteiger partial charge in [-0.05, 0) is 61.9 Å². The molecule has 0 radical (unpaired) electrons. The van der Waals surface area contributed by atoms with E-state index in [0.29, 0.717) is 36.2 Å². The van der Waals surface area contributed by atoms with E-state index in [1.807, 2.05) is 24.3 Å². The fourth-order valence-corrected chi connectivity index (χ4v) is 4.62. The van der Waals surface area contributed by atoms with Crippen LogP contribution in [0.4, 0.5) is 11.4 Å². The summed E-state index contributed by atoms with van der Waals surface area (Å²) in [6.45, 7) is 1.89. The molecule has 4 rings (SSSR count). The molecule has 0 aliphatic carbocycles. The molecule has 11 heteroatoms. The molecule has 2 aromatic carbocycles. The van der Waals surface area contributed by atoms with Crippen molar-refractivity contribution in [2.24, 2.45) is 5.92 Å². The Balaban J connectivity index is 1.37. The van der Waals surface area contributed by atoms with Gasteiger partial charge >= 0.3 is 0 Å². The van der Waals surface area contributed by atoms with Gasteiger partial charge in [-0.1, -0.05) is 27.2 Å². The Hall–Kier alpha value is -2.76. The number of nitrogens with zero attached hydrogens (tertiary/aromatic N) is 4. The van der Waals surface area contributed by atoms with Gasteiger partial charge in [-0.2, -0.15) is 4.98 Å². The summed E-state index contributed by atoms with van der Waals surface area (Å²) in [5.41, 5.74) is 1.92. The molecule has 0 spiro atoms. The molecule has 3 aromatic rings. The maximum absolute atomic E-state index is 12.9. The second-order valence-corrected chi connectivity index (χ2v) is 11.3. The van der Waals surface area contributed by atoms with Gasteiger partial charge in [0, 0.05) is 29.3 Å². The average Bonchev–Trinajstić information content (AvgIpc) is 3.27. The Kier molecular flexibility index (Phi) is 7.34. The monoisotopic (exact) mass is 547 g/mol. The molecule has 34 heavy (non-hydrogen) atoms. The fraction of sp³-hybridized carbons (Fsp3) is 0.348. The van der Waals surface area contributed by atoms with Crippen LogP contribution >= 0.6 is 15.9 Å². The van der Waals surface area contributed by atoms with Crippen molar-refractivity contribution >= 4 is 43.2 Å². The number of hydrogen-bond acceptors (Lipinski definition) is 7. The van der Waals surface area contributed by atoms with Crippen LogP contribution in [0.2, 0.25) is 0 Å². The number of carbonyl (C=O) groups is 1. The highest BCUT2D eigenvalue weighted by Crippen LogP contribution is 2.24. The largest absolute Gasteiger partial charge is 0.338 e. The van der Waals surface area contributed by atoms with E-state index in [-0.39, 0.29) is 11.8 Å². The second kappa shape index (κ2) is 10.2. The van der Waals surface area contributed by atoms with Gasteiger partial charge in [-0.25, -0.2) is 8.42 Å². The standard InChI is InChI=1S/C23H26BrN5O4S/c1-28(34(2,31)32)20-7-3-6-19(13-20)25-23(30)17-5-4-12-29(14-17)15-21-26-22(27-33-21)16-8-10-18(24)11-9-16/h3,6-11,13,17H,4-5,12,14-15H2,1-2H3,(H,25,30). The molecular formula is C23H26BrN5O4S. The Morgan fingerprint density at radius 1 is 1.26 bits per heavy atom. The molecule has 1 aliphatic heterocycles. The minimum atomic E-state index is -3.38. The van der Waals surface area contributed by atoms with E-state index in [1.54, 1.807) is 24.3 Å². The first-order valence-electron chi connectivity index (χ1n) is 10.8. The van der Waals surface area contributed by atoms with Gasteiger partial charge in [-0.15, -0.1) is 0 Å². The molecule has 1 unspecified atom stereocenters. The third-order valence-electron chi connectivity index (χ3n) is 5.78. The van der Waals surface area contributed by atoms with Crippen LogP contribution in [0.25, 0.3) is 11.4 Å². The Bertz CT molecular complexity index is 1260. The summed E-state index contributed by atoms with van der Waals surface area (Å²) in [5.74, 6) is 0.757. The van der Waals surface area contributed by atoms with E-state index in [0.717, 1.165) is 35.7 Å². The van der Waals surface area contributed by atoms with Crippen molar-refractivity contribution in [3.8, 4) is 11.4 Å². The number of likely N-dealkylation sites (tertiary alicyclic amines) is 1. The van der Waals surface area contributed by atoms with Crippen LogP contribution in [0.5, 0.6) is 0 Å². The fourth-order valence-electron chi connectivity index (χ4n) is 3.86. The van der Waals surface area contributed by atoms with Gasteiger partial charge < -0.3 is 9.84 Å². The predicted molar refractivity (Wildman–Crippen MR) is 134 cm³/mol. The molecule has 1 fully saturated rings. The zero-order valence-electron chi connectivity index (χ0n) is 18.9. The van der Waals surface area contributed by atoms with Crippen molar-refractivity contribution in [1.82, 2.24) is 15.0 Å². The summed E-state index contributed by atoms with van der Waals surface area (Å²) in [6.07, 6.45) is 2.79. The lowest BCUT2D eigenvalue weighted by Crippen LogP contribution is -2.40. The highest BCUT2D eigenvalue weighted by molar-refractivity contribution is 9.10. The Labute approximate surface area is 207 Å². The quantitative estimate of drug-likeness (QED) is 0.479. The highest BCUT2D eigenvalue weighted by atomic mass is 79.9. The topological polar surface area (TPSA) is 109 Å². The minimum Gasteiger partial charge on any atom is -0.338 e. The van der Waals surface area contributed by atoms with Gasteiger partial charge in [0.05, 0.1) is 24.4 Å². The molecule has 0 bridgehead atoms. The lowest BCUT2D eigenvalue weighted by atomic mass is 9.97. The number of halogens is 1. The van der Waals surface area contributed by atoms with E-state index in [9.17, 15) is 13.2 Å². The molecule has 1 amide bonds. The van der Waals surface area contributed by atoms with Crippen molar-refractivity contribution in [1.29, 1.82) is 0 Å². The van der Waals surface area contributed by atoms with Crippen molar-refractivity contribution in [3.05, 3.63) is 58.9 Å². The summed E-state index contributed by atoms with van der Waals surface area (Å²) in [4.78, 5) is 19.6. The first-order chi connectivity index (χ1) is 16.2. The molecule has 1 N–H and O–H groups in total. The smallest absolute Gasteiger partial charge is 0.241 e. The lowest BCUT2D eigenvalue weighted by Gasteiger charge is -2.31. The molecule has 1 atom stereocenters. The van der Waals surface area contributed by atoms with E-state index in [4.69, 9.17) is 4.52 Å². The normalized spacial score (nSPS) is 16.9. The van der Waals surface area contributed by atoms with Crippen LogP contribution in [0.1, 0.15) is 18.7 Å². The van der Waals surface area contributed by atoms with Gasteiger partial charge in [-0.3, -0.25) is 14.0 Å². The number of rotatable bonds is 7. The molecule has 1 aliphatic rings. The van der Waals surface area contributed by atoms with E-state index < -0.39 is 10.0 Å². The molecular weight excluding hydrogens is 522 g/mol. The van der Waals surface area contributed by atoms with Crippen molar-refractivity contribution < 1.29 is 17.7 Å². The van der Waals surface area contributed by atoms with Crippen molar-refractivity contribution in [2.75, 3.05) is 36.0 Å². The molecule has 2 heterocycles. The van der Waals surface area contributed by atoms with Crippen LogP contribution in [0, 0.1) is 5.92 Å². The summed E-state index contributed by atoms with van der Waals surface area (Å²) in [7, 11) is -1.90. The molecule has 1 saturated heterocycles. The number of nitrogens with one attached hydrogen (secondary N) is 1.